The van der Waals surface area contributed by atoms with Crippen molar-refractivity contribution in [3.05, 3.63) is 11.1 Å². The molecule has 2 rings (SSSR count). The molecular weight excluding hydrogens is 276 g/mol. The Balaban J connectivity index is 2.28. The zero-order chi connectivity index (χ0) is 14.8. The number of nitrogens with one attached hydrogen (secondary N) is 1. The summed E-state index contributed by atoms with van der Waals surface area (Å²) in [5, 5.41) is 3.02. The maximum absolute atomic E-state index is 12.9. The molecule has 0 radical (unpaired) electrons. The minimum absolute atomic E-state index is 0.0172. The number of hydrogen-bond acceptors (Lipinski definition) is 2. The van der Waals surface area contributed by atoms with Crippen LogP contribution in [0.4, 0.5) is 0 Å². The van der Waals surface area contributed by atoms with Crippen LogP contribution in [0.2, 0.25) is 0 Å². The normalized spacial score (nSPS) is 26.9. The molecule has 1 aliphatic heterocycles. The molecule has 0 aromatic heterocycles. The van der Waals surface area contributed by atoms with E-state index >= 15 is 0 Å². The van der Waals surface area contributed by atoms with Crippen LogP contribution < -0.4 is 5.32 Å². The molecule has 2 fully saturated rings. The minimum Gasteiger partial charge on any atom is -0.340 e. The molecule has 2 amide bonds. The van der Waals surface area contributed by atoms with E-state index in [-0.39, 0.29) is 17.9 Å². The van der Waals surface area contributed by atoms with E-state index < -0.39 is 5.54 Å². The van der Waals surface area contributed by atoms with Gasteiger partial charge >= 0.3 is 0 Å². The van der Waals surface area contributed by atoms with Crippen molar-refractivity contribution in [1.29, 1.82) is 0 Å². The Morgan fingerprint density at radius 3 is 2.60 bits per heavy atom. The third-order valence-electron chi connectivity index (χ3n) is 4.41. The quantitative estimate of drug-likeness (QED) is 0.870. The minimum atomic E-state index is -0.659. The Hall–Kier alpha value is -1.03. The Morgan fingerprint density at radius 1 is 1.40 bits per heavy atom. The lowest BCUT2D eigenvalue weighted by atomic mass is 9.78. The van der Waals surface area contributed by atoms with E-state index in [0.29, 0.717) is 13.0 Å². The van der Waals surface area contributed by atoms with Gasteiger partial charge in [-0.25, -0.2) is 0 Å². The molecule has 0 aromatic carbocycles. The topological polar surface area (TPSA) is 49.4 Å². The van der Waals surface area contributed by atoms with Gasteiger partial charge in [0.05, 0.1) is 0 Å². The number of nitrogens with zero attached hydrogens (tertiary/aromatic N) is 1. The number of carbonyl (C=O) groups is 2. The molecule has 1 unspecified atom stereocenters. The Bertz CT molecular complexity index is 428. The van der Waals surface area contributed by atoms with E-state index in [9.17, 15) is 9.59 Å². The smallest absolute Gasteiger partial charge is 0.249 e. The summed E-state index contributed by atoms with van der Waals surface area (Å²) in [7, 11) is 0. The average molecular weight is 299 g/mol. The van der Waals surface area contributed by atoms with Crippen molar-refractivity contribution in [2.45, 2.75) is 64.0 Å². The fraction of sp³-hybridized carbons (Fsp3) is 0.733. The Morgan fingerprint density at radius 2 is 2.05 bits per heavy atom. The number of amides is 2. The van der Waals surface area contributed by atoms with Gasteiger partial charge in [0.25, 0.3) is 0 Å². The second-order valence-corrected chi connectivity index (χ2v) is 6.16. The zero-order valence-corrected chi connectivity index (χ0v) is 13.0. The summed E-state index contributed by atoms with van der Waals surface area (Å²) < 4.78 is 0. The van der Waals surface area contributed by atoms with Gasteiger partial charge in [-0.1, -0.05) is 37.8 Å². The van der Waals surface area contributed by atoms with E-state index in [1.54, 1.807) is 4.90 Å². The molecule has 20 heavy (non-hydrogen) atoms. The van der Waals surface area contributed by atoms with Crippen molar-refractivity contribution in [1.82, 2.24) is 10.2 Å². The first-order valence-corrected chi connectivity index (χ1v) is 7.86. The van der Waals surface area contributed by atoms with Crippen LogP contribution in [0.5, 0.6) is 0 Å². The lowest BCUT2D eigenvalue weighted by molar-refractivity contribution is -0.156. The van der Waals surface area contributed by atoms with Crippen LogP contribution in [0.25, 0.3) is 0 Å². The largest absolute Gasteiger partial charge is 0.340 e. The van der Waals surface area contributed by atoms with E-state index in [1.165, 1.54) is 5.54 Å². The highest BCUT2D eigenvalue weighted by Crippen LogP contribution is 2.34. The number of halogens is 1. The maximum Gasteiger partial charge on any atom is 0.249 e. The number of piperazine rings is 1. The first kappa shape index (κ1) is 15.4. The van der Waals surface area contributed by atoms with Crippen molar-refractivity contribution >= 4 is 23.4 Å². The molecule has 5 heteroatoms. The van der Waals surface area contributed by atoms with E-state index in [4.69, 9.17) is 11.6 Å². The molecule has 2 aliphatic rings. The second kappa shape index (κ2) is 6.17. The Kier molecular flexibility index (Phi) is 4.74. The molecule has 112 valence electrons. The number of rotatable bonds is 3. The highest BCUT2D eigenvalue weighted by atomic mass is 35.5. The molecule has 4 nitrogen and oxygen atoms in total. The number of carbonyl (C=O) groups excluding carboxylic acids is 2. The van der Waals surface area contributed by atoms with Crippen LogP contribution >= 0.6 is 11.6 Å². The van der Waals surface area contributed by atoms with E-state index in [1.807, 2.05) is 13.8 Å². The second-order valence-electron chi connectivity index (χ2n) is 5.94. The van der Waals surface area contributed by atoms with Crippen molar-refractivity contribution in [3.8, 4) is 0 Å². The van der Waals surface area contributed by atoms with Crippen molar-refractivity contribution in [3.63, 3.8) is 0 Å². The van der Waals surface area contributed by atoms with E-state index in [2.05, 4.69) is 5.32 Å². The zero-order valence-electron chi connectivity index (χ0n) is 12.2. The van der Waals surface area contributed by atoms with Gasteiger partial charge in [-0.15, -0.1) is 0 Å². The fourth-order valence-corrected chi connectivity index (χ4v) is 3.38. The Labute approximate surface area is 125 Å². The molecule has 0 aromatic rings. The fourth-order valence-electron chi connectivity index (χ4n) is 3.32. The highest BCUT2D eigenvalue weighted by Gasteiger charge is 2.50. The van der Waals surface area contributed by atoms with Crippen LogP contribution in [0.15, 0.2) is 11.1 Å². The standard InChI is InChI=1S/C15H23ClN2O2/c1-3-12-13(19)17-15(7-5-4-6-8-15)14(20)18(12)10-11(2)9-16/h9,12H,3-8,10H2,1-2H3,(H,17,19). The lowest BCUT2D eigenvalue weighted by Crippen LogP contribution is -2.70. The van der Waals surface area contributed by atoms with Gasteiger partial charge in [0.15, 0.2) is 0 Å². The van der Waals surface area contributed by atoms with Crippen molar-refractivity contribution in [2.75, 3.05) is 6.54 Å². The first-order chi connectivity index (χ1) is 9.54. The molecular formula is C15H23ClN2O2. The van der Waals surface area contributed by atoms with Gasteiger partial charge in [0.2, 0.25) is 11.8 Å². The average Bonchev–Trinajstić information content (AvgIpc) is 2.45. The summed E-state index contributed by atoms with van der Waals surface area (Å²) in [5.41, 5.74) is 1.73. The van der Waals surface area contributed by atoms with Crippen LogP contribution in [0.3, 0.4) is 0 Å². The van der Waals surface area contributed by atoms with Gasteiger partial charge in [-0.2, -0.15) is 0 Å². The number of hydrogen-bond donors (Lipinski definition) is 1. The van der Waals surface area contributed by atoms with Gasteiger partial charge in [-0.05, 0) is 31.8 Å². The van der Waals surface area contributed by atoms with Crippen LogP contribution in [0, 0.1) is 0 Å². The van der Waals surface area contributed by atoms with Gasteiger partial charge < -0.3 is 10.2 Å². The highest BCUT2D eigenvalue weighted by molar-refractivity contribution is 6.25. The summed E-state index contributed by atoms with van der Waals surface area (Å²) >= 11 is 5.72. The molecule has 0 bridgehead atoms. The maximum atomic E-state index is 12.9. The summed E-state index contributed by atoms with van der Waals surface area (Å²) in [6.45, 7) is 4.26. The molecule has 1 saturated carbocycles. The molecule has 1 N–H and O–H groups in total. The van der Waals surface area contributed by atoms with Gasteiger partial charge in [0, 0.05) is 12.1 Å². The molecule has 1 heterocycles. The van der Waals surface area contributed by atoms with Gasteiger partial charge in [-0.3, -0.25) is 9.59 Å². The molecule has 1 spiro atoms. The van der Waals surface area contributed by atoms with Crippen LogP contribution in [0.1, 0.15) is 52.4 Å². The summed E-state index contributed by atoms with van der Waals surface area (Å²) in [6, 6.07) is -0.374. The predicted octanol–water partition coefficient (Wildman–Crippen LogP) is 2.57. The van der Waals surface area contributed by atoms with Crippen molar-refractivity contribution in [2.24, 2.45) is 0 Å². The summed E-state index contributed by atoms with van der Waals surface area (Å²) in [6.07, 6.45) is 5.29. The van der Waals surface area contributed by atoms with Crippen LogP contribution in [-0.2, 0) is 9.59 Å². The molecule has 1 atom stereocenters. The summed E-state index contributed by atoms with van der Waals surface area (Å²) in [5.74, 6) is 0.0536. The predicted molar refractivity (Wildman–Crippen MR) is 79.4 cm³/mol. The molecule has 1 saturated heterocycles. The third-order valence-corrected chi connectivity index (χ3v) is 4.78. The SMILES string of the molecule is CCC1C(=O)NC2(CCCCC2)C(=O)N1CC(C)=CCl. The van der Waals surface area contributed by atoms with Crippen molar-refractivity contribution < 1.29 is 9.59 Å². The van der Waals surface area contributed by atoms with Gasteiger partial charge in [0.1, 0.15) is 11.6 Å². The van der Waals surface area contributed by atoms with Crippen LogP contribution in [-0.4, -0.2) is 34.8 Å². The monoisotopic (exact) mass is 298 g/mol. The molecule has 1 aliphatic carbocycles. The first-order valence-electron chi connectivity index (χ1n) is 7.43. The summed E-state index contributed by atoms with van der Waals surface area (Å²) in [4.78, 5) is 27.0. The third kappa shape index (κ3) is 2.71. The lowest BCUT2D eigenvalue weighted by Gasteiger charge is -2.47. The van der Waals surface area contributed by atoms with E-state index in [0.717, 1.165) is 37.7 Å².